The first kappa shape index (κ1) is 21.0. The van der Waals surface area contributed by atoms with Gasteiger partial charge in [-0.25, -0.2) is 8.42 Å². The van der Waals surface area contributed by atoms with Crippen LogP contribution in [0.5, 0.6) is 0 Å². The highest BCUT2D eigenvalue weighted by Crippen LogP contribution is 2.30. The van der Waals surface area contributed by atoms with E-state index in [1.807, 2.05) is 14.1 Å². The number of hydrogen-bond acceptors (Lipinski definition) is 6. The Kier molecular flexibility index (Phi) is 7.45. The lowest BCUT2D eigenvalue weighted by Crippen LogP contribution is -3.06. The zero-order chi connectivity index (χ0) is 19.9. The number of quaternary nitrogens is 1. The first-order valence-electron chi connectivity index (χ1n) is 8.34. The summed E-state index contributed by atoms with van der Waals surface area (Å²) in [7, 11) is 0.130. The molecule has 0 saturated heterocycles. The average Bonchev–Trinajstić information content (AvgIpc) is 3.17. The van der Waals surface area contributed by atoms with Crippen molar-refractivity contribution in [3.05, 3.63) is 47.6 Å². The summed E-state index contributed by atoms with van der Waals surface area (Å²) in [5.74, 6) is -1.64. The number of sulfone groups is 1. The zero-order valence-electron chi connectivity index (χ0n) is 15.1. The van der Waals surface area contributed by atoms with E-state index in [0.717, 1.165) is 16.2 Å². The molecule has 1 atom stereocenters. The Labute approximate surface area is 162 Å². The molecule has 2 amide bonds. The second-order valence-corrected chi connectivity index (χ2v) is 9.48. The maximum atomic E-state index is 13.0. The summed E-state index contributed by atoms with van der Waals surface area (Å²) in [5.41, 5.74) is 0.447. The van der Waals surface area contributed by atoms with Crippen molar-refractivity contribution in [2.45, 2.75) is 9.46 Å². The second kappa shape index (κ2) is 9.58. The molecule has 0 bridgehead atoms. The van der Waals surface area contributed by atoms with Crippen molar-refractivity contribution < 1.29 is 22.9 Å². The van der Waals surface area contributed by atoms with Crippen LogP contribution in [0.25, 0.3) is 0 Å². The number of pyridine rings is 1. The van der Waals surface area contributed by atoms with E-state index in [-0.39, 0.29) is 10.8 Å². The van der Waals surface area contributed by atoms with Gasteiger partial charge in [0, 0.05) is 18.9 Å². The maximum Gasteiger partial charge on any atom is 0.309 e. The molecule has 0 aromatic carbocycles. The summed E-state index contributed by atoms with van der Waals surface area (Å²) in [6, 6.07) is 6.43. The van der Waals surface area contributed by atoms with Crippen LogP contribution >= 0.6 is 11.3 Å². The molecule has 0 fully saturated rings. The first-order valence-corrected chi connectivity index (χ1v) is 10.8. The molecule has 2 heterocycles. The van der Waals surface area contributed by atoms with Gasteiger partial charge in [-0.1, -0.05) is 12.1 Å². The summed E-state index contributed by atoms with van der Waals surface area (Å²) in [6.45, 7) is 0.801. The van der Waals surface area contributed by atoms with E-state index in [9.17, 15) is 18.0 Å². The predicted molar refractivity (Wildman–Crippen MR) is 102 cm³/mol. The molecule has 2 aromatic heterocycles. The van der Waals surface area contributed by atoms with Gasteiger partial charge in [-0.05, 0) is 23.1 Å². The molecule has 27 heavy (non-hydrogen) atoms. The Morgan fingerprint density at radius 1 is 1.19 bits per heavy atom. The SMILES string of the molecule is C[NH+](C)CCNC(=O)C(=O)NC[C@@H](c1cccnc1)S(=O)(=O)c1cccs1. The summed E-state index contributed by atoms with van der Waals surface area (Å²) in [4.78, 5) is 29.0. The van der Waals surface area contributed by atoms with Crippen LogP contribution in [0.15, 0.2) is 46.2 Å². The summed E-state index contributed by atoms with van der Waals surface area (Å²) in [5, 5.41) is 5.58. The van der Waals surface area contributed by atoms with Crippen LogP contribution in [0.4, 0.5) is 0 Å². The summed E-state index contributed by atoms with van der Waals surface area (Å²) >= 11 is 1.10. The van der Waals surface area contributed by atoms with Crippen LogP contribution in [-0.2, 0) is 19.4 Å². The van der Waals surface area contributed by atoms with Gasteiger partial charge >= 0.3 is 11.8 Å². The summed E-state index contributed by atoms with van der Waals surface area (Å²) in [6.07, 6.45) is 2.99. The van der Waals surface area contributed by atoms with Crippen molar-refractivity contribution in [2.75, 3.05) is 33.7 Å². The minimum Gasteiger partial charge on any atom is -0.346 e. The third-order valence-corrected chi connectivity index (χ3v) is 7.30. The van der Waals surface area contributed by atoms with E-state index in [1.165, 1.54) is 18.5 Å². The Balaban J connectivity index is 2.10. The number of carbonyl (C=O) groups is 2. The average molecular weight is 412 g/mol. The van der Waals surface area contributed by atoms with E-state index in [4.69, 9.17) is 0 Å². The molecule has 0 spiro atoms. The Hall–Kier alpha value is -2.30. The lowest BCUT2D eigenvalue weighted by atomic mass is 10.2. The number of carbonyl (C=O) groups excluding carboxylic acids is 2. The topological polar surface area (TPSA) is 110 Å². The lowest BCUT2D eigenvalue weighted by molar-refractivity contribution is -0.856. The molecule has 3 N–H and O–H groups in total. The minimum atomic E-state index is -3.73. The Morgan fingerprint density at radius 2 is 1.93 bits per heavy atom. The fourth-order valence-corrected chi connectivity index (χ4v) is 5.16. The molecule has 0 aliphatic carbocycles. The number of nitrogens with zero attached hydrogens (tertiary/aromatic N) is 1. The number of hydrogen-bond donors (Lipinski definition) is 3. The van der Waals surface area contributed by atoms with E-state index in [2.05, 4.69) is 15.6 Å². The van der Waals surface area contributed by atoms with E-state index < -0.39 is 26.9 Å². The highest BCUT2D eigenvalue weighted by Gasteiger charge is 2.31. The smallest absolute Gasteiger partial charge is 0.309 e. The molecule has 0 aliphatic rings. The van der Waals surface area contributed by atoms with Crippen LogP contribution in [0.1, 0.15) is 10.8 Å². The Morgan fingerprint density at radius 3 is 2.52 bits per heavy atom. The Bertz CT molecular complexity index is 852. The molecular weight excluding hydrogens is 388 g/mol. The largest absolute Gasteiger partial charge is 0.346 e. The molecule has 0 saturated carbocycles. The lowest BCUT2D eigenvalue weighted by Gasteiger charge is -2.17. The van der Waals surface area contributed by atoms with Gasteiger partial charge < -0.3 is 15.5 Å². The standard InChI is InChI=1S/C17H22N4O4S2/c1-21(2)9-8-19-16(22)17(23)20-12-14(13-5-3-7-18-11-13)27(24,25)15-6-4-10-26-15/h3-7,10-11,14H,8-9,12H2,1-2H3,(H,19,22)(H,20,23)/p+1/t14-/m0/s1. The van der Waals surface area contributed by atoms with E-state index >= 15 is 0 Å². The molecule has 2 rings (SSSR count). The van der Waals surface area contributed by atoms with Crippen LogP contribution < -0.4 is 15.5 Å². The van der Waals surface area contributed by atoms with Crippen molar-refractivity contribution >= 4 is 33.0 Å². The third-order valence-electron chi connectivity index (χ3n) is 3.77. The molecule has 8 nitrogen and oxygen atoms in total. The monoisotopic (exact) mass is 411 g/mol. The normalized spacial score (nSPS) is 12.6. The molecule has 0 aliphatic heterocycles. The van der Waals surface area contributed by atoms with Gasteiger partial charge in [0.1, 0.15) is 9.46 Å². The van der Waals surface area contributed by atoms with Gasteiger partial charge in [0.25, 0.3) is 0 Å². The number of amides is 2. The minimum absolute atomic E-state index is 0.198. The van der Waals surface area contributed by atoms with Gasteiger partial charge in [0.2, 0.25) is 0 Å². The fraction of sp³-hybridized carbons (Fsp3) is 0.353. The first-order chi connectivity index (χ1) is 12.8. The van der Waals surface area contributed by atoms with Crippen LogP contribution in [0.3, 0.4) is 0 Å². The molecular formula is C17H23N4O4S2+. The van der Waals surface area contributed by atoms with Crippen molar-refractivity contribution in [1.29, 1.82) is 0 Å². The van der Waals surface area contributed by atoms with Gasteiger partial charge in [-0.2, -0.15) is 0 Å². The van der Waals surface area contributed by atoms with E-state index in [1.54, 1.807) is 23.6 Å². The molecule has 0 unspecified atom stereocenters. The number of aromatic nitrogens is 1. The van der Waals surface area contributed by atoms with Gasteiger partial charge in [-0.3, -0.25) is 14.6 Å². The highest BCUT2D eigenvalue weighted by atomic mass is 32.2. The third kappa shape index (κ3) is 5.84. The molecule has 2 aromatic rings. The number of rotatable bonds is 8. The van der Waals surface area contributed by atoms with Crippen LogP contribution in [0.2, 0.25) is 0 Å². The molecule has 10 heteroatoms. The molecule has 146 valence electrons. The quantitative estimate of drug-likeness (QED) is 0.485. The maximum absolute atomic E-state index is 13.0. The number of thiophene rings is 1. The van der Waals surface area contributed by atoms with Crippen molar-refractivity contribution in [3.8, 4) is 0 Å². The van der Waals surface area contributed by atoms with E-state index in [0.29, 0.717) is 18.7 Å². The number of nitrogens with one attached hydrogen (secondary N) is 3. The fourth-order valence-electron chi connectivity index (χ4n) is 2.31. The number of likely N-dealkylation sites (N-methyl/N-ethyl adjacent to an activating group) is 1. The van der Waals surface area contributed by atoms with Crippen LogP contribution in [-0.4, -0.2) is 58.9 Å². The second-order valence-electron chi connectivity index (χ2n) is 6.18. The van der Waals surface area contributed by atoms with Crippen molar-refractivity contribution in [3.63, 3.8) is 0 Å². The zero-order valence-corrected chi connectivity index (χ0v) is 16.8. The van der Waals surface area contributed by atoms with Crippen molar-refractivity contribution in [2.24, 2.45) is 0 Å². The van der Waals surface area contributed by atoms with Crippen LogP contribution in [0, 0.1) is 0 Å². The van der Waals surface area contributed by atoms with Crippen molar-refractivity contribution in [1.82, 2.24) is 15.6 Å². The highest BCUT2D eigenvalue weighted by molar-refractivity contribution is 7.93. The molecule has 0 radical (unpaired) electrons. The summed E-state index contributed by atoms with van der Waals surface area (Å²) < 4.78 is 26.1. The predicted octanol–water partition coefficient (Wildman–Crippen LogP) is -0.965. The van der Waals surface area contributed by atoms with Gasteiger partial charge in [-0.15, -0.1) is 11.3 Å². The van der Waals surface area contributed by atoms with Gasteiger partial charge in [0.15, 0.2) is 9.84 Å². The van der Waals surface area contributed by atoms with Gasteiger partial charge in [0.05, 0.1) is 27.2 Å².